The van der Waals surface area contributed by atoms with Gasteiger partial charge in [0.1, 0.15) is 5.76 Å². The number of hydrogen-bond acceptors (Lipinski definition) is 6. The number of aryl methyl sites for hydroxylation is 3. The Morgan fingerprint density at radius 3 is 2.58 bits per heavy atom. The van der Waals surface area contributed by atoms with Crippen LogP contribution < -0.4 is 10.4 Å². The summed E-state index contributed by atoms with van der Waals surface area (Å²) >= 11 is 0. The molecule has 0 bridgehead atoms. The molecule has 0 saturated heterocycles. The Bertz CT molecular complexity index is 1150. The fourth-order valence-corrected chi connectivity index (χ4v) is 3.65. The molecule has 0 aliphatic heterocycles. The van der Waals surface area contributed by atoms with Crippen molar-refractivity contribution in [2.45, 2.75) is 24.7 Å². The van der Waals surface area contributed by atoms with E-state index in [1.807, 2.05) is 11.6 Å². The summed E-state index contributed by atoms with van der Waals surface area (Å²) in [6.07, 6.45) is 1.41. The number of nitrogens with zero attached hydrogens (tertiary/aromatic N) is 3. The van der Waals surface area contributed by atoms with E-state index in [4.69, 9.17) is 4.52 Å². The van der Waals surface area contributed by atoms with E-state index in [0.717, 1.165) is 6.42 Å². The number of aromatic nitrogens is 3. The average Bonchev–Trinajstić information content (AvgIpc) is 3.15. The molecule has 0 radical (unpaired) electrons. The number of sulfonamides is 1. The highest BCUT2D eigenvalue weighted by Gasteiger charge is 2.22. The van der Waals surface area contributed by atoms with Gasteiger partial charge in [0.2, 0.25) is 0 Å². The Morgan fingerprint density at radius 2 is 1.88 bits per heavy atom. The van der Waals surface area contributed by atoms with E-state index in [0.29, 0.717) is 23.2 Å². The summed E-state index contributed by atoms with van der Waals surface area (Å²) in [6, 6.07) is 5.62. The van der Waals surface area contributed by atoms with Crippen LogP contribution in [0.15, 0.2) is 38.5 Å². The summed E-state index contributed by atoms with van der Waals surface area (Å²) in [6.45, 7) is 1.94. The minimum atomic E-state index is -4.13. The molecule has 3 aromatic rings. The number of hydrogen-bond donors (Lipinski definition) is 1. The quantitative estimate of drug-likeness (QED) is 0.706. The molecule has 2 aromatic heterocycles. The molecule has 0 unspecified atom stereocenters. The van der Waals surface area contributed by atoms with Crippen LogP contribution in [0.25, 0.3) is 11.0 Å². The van der Waals surface area contributed by atoms with Crippen LogP contribution in [0.3, 0.4) is 0 Å². The molecule has 0 aliphatic rings. The predicted molar refractivity (Wildman–Crippen MR) is 93.3 cm³/mol. The molecular weight excluding hydrogens is 360 g/mol. The standard InChI is InChI=1S/C16H18N4O5S/c1-4-5-10-8-12(17-25-10)15(21)18-26(23,24)11-6-7-13-14(9-11)20(3)16(22)19(13)2/h6-9H,4-5H2,1-3H3,(H,18,21). The molecule has 2 heterocycles. The lowest BCUT2D eigenvalue weighted by Gasteiger charge is -2.06. The predicted octanol–water partition coefficient (Wildman–Crippen LogP) is 0.936. The van der Waals surface area contributed by atoms with E-state index in [9.17, 15) is 18.0 Å². The number of fused-ring (bicyclic) bond motifs is 1. The van der Waals surface area contributed by atoms with Gasteiger partial charge >= 0.3 is 5.69 Å². The summed E-state index contributed by atoms with van der Waals surface area (Å²) in [5.74, 6) is -0.367. The lowest BCUT2D eigenvalue weighted by atomic mass is 10.2. The second-order valence-corrected chi connectivity index (χ2v) is 7.60. The summed E-state index contributed by atoms with van der Waals surface area (Å²) in [7, 11) is -0.986. The van der Waals surface area contributed by atoms with Crippen molar-refractivity contribution in [1.82, 2.24) is 19.0 Å². The Kier molecular flexibility index (Phi) is 4.45. The van der Waals surface area contributed by atoms with Crippen molar-refractivity contribution in [3.8, 4) is 0 Å². The van der Waals surface area contributed by atoms with Crippen LogP contribution >= 0.6 is 0 Å². The van der Waals surface area contributed by atoms with Crippen LogP contribution in [-0.2, 0) is 30.5 Å². The van der Waals surface area contributed by atoms with Gasteiger partial charge in [0.05, 0.1) is 15.9 Å². The third-order valence-electron chi connectivity index (χ3n) is 4.07. The first kappa shape index (κ1) is 17.9. The van der Waals surface area contributed by atoms with E-state index < -0.39 is 15.9 Å². The Balaban J connectivity index is 1.92. The number of carbonyl (C=O) groups is 1. The van der Waals surface area contributed by atoms with Crippen LogP contribution in [-0.4, -0.2) is 28.6 Å². The molecule has 0 atom stereocenters. The molecule has 138 valence electrons. The summed E-state index contributed by atoms with van der Waals surface area (Å²) in [4.78, 5) is 24.0. The highest BCUT2D eigenvalue weighted by Crippen LogP contribution is 2.18. The zero-order valence-electron chi connectivity index (χ0n) is 14.5. The van der Waals surface area contributed by atoms with Crippen LogP contribution in [0.4, 0.5) is 0 Å². The van der Waals surface area contributed by atoms with Crippen molar-refractivity contribution in [2.75, 3.05) is 0 Å². The first-order valence-corrected chi connectivity index (χ1v) is 9.41. The van der Waals surface area contributed by atoms with Crippen molar-refractivity contribution < 1.29 is 17.7 Å². The summed E-state index contributed by atoms with van der Waals surface area (Å²) in [5.41, 5.74) is 0.651. The number of rotatable bonds is 5. The molecule has 26 heavy (non-hydrogen) atoms. The fraction of sp³-hybridized carbons (Fsp3) is 0.312. The molecule has 1 aromatic carbocycles. The third kappa shape index (κ3) is 3.03. The molecule has 9 nitrogen and oxygen atoms in total. The minimum absolute atomic E-state index is 0.106. The zero-order valence-corrected chi connectivity index (χ0v) is 15.3. The second-order valence-electron chi connectivity index (χ2n) is 5.91. The fourth-order valence-electron chi connectivity index (χ4n) is 2.67. The highest BCUT2D eigenvalue weighted by molar-refractivity contribution is 7.90. The van der Waals surface area contributed by atoms with Crippen LogP contribution in [0, 0.1) is 0 Å². The molecule has 1 amide bonds. The van der Waals surface area contributed by atoms with Gasteiger partial charge in [-0.25, -0.2) is 17.9 Å². The van der Waals surface area contributed by atoms with E-state index in [2.05, 4.69) is 5.16 Å². The lowest BCUT2D eigenvalue weighted by molar-refractivity contribution is 0.0972. The van der Waals surface area contributed by atoms with E-state index in [-0.39, 0.29) is 16.3 Å². The van der Waals surface area contributed by atoms with E-state index >= 15 is 0 Å². The van der Waals surface area contributed by atoms with Gasteiger partial charge in [0, 0.05) is 26.6 Å². The van der Waals surface area contributed by atoms with Crippen molar-refractivity contribution in [1.29, 1.82) is 0 Å². The number of benzene rings is 1. The summed E-state index contributed by atoms with van der Waals surface area (Å²) in [5, 5.41) is 3.59. The van der Waals surface area contributed by atoms with Gasteiger partial charge < -0.3 is 4.52 Å². The van der Waals surface area contributed by atoms with Crippen molar-refractivity contribution in [3.05, 3.63) is 46.2 Å². The lowest BCUT2D eigenvalue weighted by Crippen LogP contribution is -2.30. The van der Waals surface area contributed by atoms with Gasteiger partial charge in [-0.1, -0.05) is 12.1 Å². The first-order chi connectivity index (χ1) is 12.2. The molecule has 3 rings (SSSR count). The maximum atomic E-state index is 12.5. The molecular formula is C16H18N4O5S. The van der Waals surface area contributed by atoms with Crippen LogP contribution in [0.2, 0.25) is 0 Å². The maximum absolute atomic E-state index is 12.5. The summed E-state index contributed by atoms with van der Waals surface area (Å²) < 4.78 is 34.7. The van der Waals surface area contributed by atoms with Gasteiger partial charge in [-0.2, -0.15) is 0 Å². The molecule has 0 saturated carbocycles. The number of amides is 1. The molecule has 0 fully saturated rings. The second kappa shape index (κ2) is 6.45. The van der Waals surface area contributed by atoms with Crippen molar-refractivity contribution >= 4 is 27.0 Å². The van der Waals surface area contributed by atoms with Gasteiger partial charge in [-0.3, -0.25) is 13.9 Å². The number of nitrogens with one attached hydrogen (secondary N) is 1. The van der Waals surface area contributed by atoms with Crippen LogP contribution in [0.5, 0.6) is 0 Å². The van der Waals surface area contributed by atoms with E-state index in [1.165, 1.54) is 33.4 Å². The third-order valence-corrected chi connectivity index (χ3v) is 5.40. The van der Waals surface area contributed by atoms with Gasteiger partial charge in [-0.15, -0.1) is 0 Å². The average molecular weight is 378 g/mol. The van der Waals surface area contributed by atoms with Crippen LogP contribution in [0.1, 0.15) is 29.6 Å². The normalized spacial score (nSPS) is 11.8. The first-order valence-electron chi connectivity index (χ1n) is 7.93. The number of imidazole rings is 1. The minimum Gasteiger partial charge on any atom is -0.361 e. The van der Waals surface area contributed by atoms with Crippen molar-refractivity contribution in [2.24, 2.45) is 14.1 Å². The monoisotopic (exact) mass is 378 g/mol. The highest BCUT2D eigenvalue weighted by atomic mass is 32.2. The van der Waals surface area contributed by atoms with E-state index in [1.54, 1.807) is 14.1 Å². The maximum Gasteiger partial charge on any atom is 0.328 e. The topological polar surface area (TPSA) is 116 Å². The molecule has 1 N–H and O–H groups in total. The largest absolute Gasteiger partial charge is 0.361 e. The van der Waals surface area contributed by atoms with Crippen molar-refractivity contribution in [3.63, 3.8) is 0 Å². The molecule has 10 heteroatoms. The Morgan fingerprint density at radius 1 is 1.19 bits per heavy atom. The zero-order chi connectivity index (χ0) is 19.1. The van der Waals surface area contributed by atoms with Gasteiger partial charge in [-0.05, 0) is 24.6 Å². The Labute approximate surface area is 149 Å². The smallest absolute Gasteiger partial charge is 0.328 e. The molecule has 0 spiro atoms. The van der Waals surface area contributed by atoms with Gasteiger partial charge in [0.25, 0.3) is 15.9 Å². The number of carbonyl (C=O) groups excluding carboxylic acids is 1. The SMILES string of the molecule is CCCc1cc(C(=O)NS(=O)(=O)c2ccc3c(c2)n(C)c(=O)n3C)no1. The molecule has 0 aliphatic carbocycles. The Hall–Kier alpha value is -2.88. The van der Waals surface area contributed by atoms with Gasteiger partial charge in [0.15, 0.2) is 5.69 Å².